The molecule has 1 amide bonds. The highest BCUT2D eigenvalue weighted by molar-refractivity contribution is 7.20. The number of methoxy groups -OCH3 is 2. The smallest absolute Gasteiger partial charge is 0.266 e. The summed E-state index contributed by atoms with van der Waals surface area (Å²) in [6.07, 6.45) is 2.31. The number of nitrogens with zero attached hydrogens (tertiary/aromatic N) is 2. The monoisotopic (exact) mass is 383 g/mol. The SMILES string of the molecule is COc1cc(NC(=O)c2sc3nc(C4CC4)nc(C)c3c2C)cc(OC)c1. The third-order valence-corrected chi connectivity index (χ3v) is 5.93. The fourth-order valence-electron chi connectivity index (χ4n) is 3.17. The first-order valence-electron chi connectivity index (χ1n) is 8.82. The molecule has 27 heavy (non-hydrogen) atoms. The summed E-state index contributed by atoms with van der Waals surface area (Å²) >= 11 is 1.42. The molecule has 1 aromatic carbocycles. The second kappa shape index (κ2) is 6.81. The number of amides is 1. The van der Waals surface area contributed by atoms with E-state index in [9.17, 15) is 4.79 Å². The van der Waals surface area contributed by atoms with Crippen molar-refractivity contribution < 1.29 is 14.3 Å². The number of hydrogen-bond acceptors (Lipinski definition) is 6. The first-order chi connectivity index (χ1) is 13.0. The number of anilines is 1. The van der Waals surface area contributed by atoms with E-state index in [2.05, 4.69) is 10.3 Å². The van der Waals surface area contributed by atoms with E-state index in [4.69, 9.17) is 14.5 Å². The number of fused-ring (bicyclic) bond motifs is 1. The van der Waals surface area contributed by atoms with Gasteiger partial charge in [-0.3, -0.25) is 4.79 Å². The van der Waals surface area contributed by atoms with Crippen LogP contribution in [0.2, 0.25) is 0 Å². The third kappa shape index (κ3) is 3.35. The van der Waals surface area contributed by atoms with E-state index >= 15 is 0 Å². The summed E-state index contributed by atoms with van der Waals surface area (Å²) in [6, 6.07) is 5.29. The molecule has 0 bridgehead atoms. The molecule has 0 saturated heterocycles. The summed E-state index contributed by atoms with van der Waals surface area (Å²) in [5.74, 6) is 2.46. The van der Waals surface area contributed by atoms with E-state index in [0.29, 0.717) is 28.0 Å². The Bertz CT molecular complexity index is 1020. The largest absolute Gasteiger partial charge is 0.497 e. The zero-order valence-electron chi connectivity index (χ0n) is 15.8. The van der Waals surface area contributed by atoms with Gasteiger partial charge in [0.15, 0.2) is 0 Å². The maximum Gasteiger partial charge on any atom is 0.266 e. The molecule has 140 valence electrons. The Hall–Kier alpha value is -2.67. The Labute approximate surface area is 161 Å². The van der Waals surface area contributed by atoms with Crippen LogP contribution in [0.3, 0.4) is 0 Å². The van der Waals surface area contributed by atoms with Crippen molar-refractivity contribution in [1.82, 2.24) is 9.97 Å². The minimum Gasteiger partial charge on any atom is -0.497 e. The molecular formula is C20H21N3O3S. The number of carbonyl (C=O) groups is 1. The molecule has 0 aliphatic heterocycles. The van der Waals surface area contributed by atoms with Gasteiger partial charge in [0.05, 0.1) is 24.8 Å². The highest BCUT2D eigenvalue weighted by atomic mass is 32.1. The number of aromatic nitrogens is 2. The average molecular weight is 383 g/mol. The first-order valence-corrected chi connectivity index (χ1v) is 9.64. The van der Waals surface area contributed by atoms with Gasteiger partial charge in [-0.1, -0.05) is 0 Å². The summed E-state index contributed by atoms with van der Waals surface area (Å²) in [5, 5.41) is 3.93. The molecule has 0 spiro atoms. The van der Waals surface area contributed by atoms with Crippen LogP contribution in [0.15, 0.2) is 18.2 Å². The number of thiophene rings is 1. The van der Waals surface area contributed by atoms with Crippen molar-refractivity contribution in [3.8, 4) is 11.5 Å². The van der Waals surface area contributed by atoms with E-state index in [0.717, 1.165) is 40.1 Å². The summed E-state index contributed by atoms with van der Waals surface area (Å²) < 4.78 is 10.5. The molecule has 0 unspecified atom stereocenters. The number of ether oxygens (including phenoxy) is 2. The van der Waals surface area contributed by atoms with Gasteiger partial charge >= 0.3 is 0 Å². The van der Waals surface area contributed by atoms with Crippen LogP contribution >= 0.6 is 11.3 Å². The van der Waals surface area contributed by atoms with Gasteiger partial charge < -0.3 is 14.8 Å². The zero-order valence-corrected chi connectivity index (χ0v) is 16.6. The van der Waals surface area contributed by atoms with E-state index < -0.39 is 0 Å². The predicted molar refractivity (Wildman–Crippen MR) is 106 cm³/mol. The average Bonchev–Trinajstić information content (AvgIpc) is 3.45. The third-order valence-electron chi connectivity index (χ3n) is 4.75. The lowest BCUT2D eigenvalue weighted by molar-refractivity contribution is 0.103. The molecular weight excluding hydrogens is 362 g/mol. The molecule has 1 aliphatic carbocycles. The molecule has 1 saturated carbocycles. The lowest BCUT2D eigenvalue weighted by Crippen LogP contribution is -2.11. The summed E-state index contributed by atoms with van der Waals surface area (Å²) in [4.78, 5) is 23.8. The van der Waals surface area contributed by atoms with E-state index in [1.807, 2.05) is 13.8 Å². The van der Waals surface area contributed by atoms with Crippen LogP contribution in [0, 0.1) is 13.8 Å². The number of hydrogen-bond donors (Lipinski definition) is 1. The van der Waals surface area contributed by atoms with Gasteiger partial charge in [-0.15, -0.1) is 11.3 Å². The summed E-state index contributed by atoms with van der Waals surface area (Å²) in [5.41, 5.74) is 2.48. The Morgan fingerprint density at radius 3 is 2.37 bits per heavy atom. The fourth-order valence-corrected chi connectivity index (χ4v) is 4.30. The molecule has 1 fully saturated rings. The van der Waals surface area contributed by atoms with Gasteiger partial charge in [0.1, 0.15) is 22.2 Å². The van der Waals surface area contributed by atoms with Gasteiger partial charge in [-0.25, -0.2) is 9.97 Å². The fraction of sp³-hybridized carbons (Fsp3) is 0.350. The highest BCUT2D eigenvalue weighted by Crippen LogP contribution is 2.40. The van der Waals surface area contributed by atoms with Crippen molar-refractivity contribution in [3.63, 3.8) is 0 Å². The Morgan fingerprint density at radius 1 is 1.11 bits per heavy atom. The minimum atomic E-state index is -0.168. The summed E-state index contributed by atoms with van der Waals surface area (Å²) in [7, 11) is 3.16. The molecule has 1 N–H and O–H groups in total. The molecule has 6 nitrogen and oxygen atoms in total. The van der Waals surface area contributed by atoms with Crippen molar-refractivity contribution in [3.05, 3.63) is 40.2 Å². The van der Waals surface area contributed by atoms with Crippen LogP contribution < -0.4 is 14.8 Å². The molecule has 0 radical (unpaired) electrons. The lowest BCUT2D eigenvalue weighted by Gasteiger charge is -2.09. The van der Waals surface area contributed by atoms with Crippen molar-refractivity contribution >= 4 is 33.1 Å². The van der Waals surface area contributed by atoms with E-state index in [-0.39, 0.29) is 5.91 Å². The molecule has 2 heterocycles. The van der Waals surface area contributed by atoms with Crippen molar-refractivity contribution in [2.24, 2.45) is 0 Å². The van der Waals surface area contributed by atoms with Crippen LogP contribution in [0.1, 0.15) is 45.5 Å². The van der Waals surface area contributed by atoms with E-state index in [1.165, 1.54) is 11.3 Å². The summed E-state index contributed by atoms with van der Waals surface area (Å²) in [6.45, 7) is 3.94. The maximum absolute atomic E-state index is 12.9. The number of aryl methyl sites for hydroxylation is 2. The number of benzene rings is 1. The molecule has 4 rings (SSSR count). The number of nitrogens with one attached hydrogen (secondary N) is 1. The van der Waals surface area contributed by atoms with E-state index in [1.54, 1.807) is 32.4 Å². The maximum atomic E-state index is 12.9. The normalized spacial score (nSPS) is 13.6. The van der Waals surface area contributed by atoms with Crippen LogP contribution in [0.4, 0.5) is 5.69 Å². The Kier molecular flexibility index (Phi) is 4.47. The second-order valence-electron chi connectivity index (χ2n) is 6.73. The lowest BCUT2D eigenvalue weighted by atomic mass is 10.1. The highest BCUT2D eigenvalue weighted by Gasteiger charge is 2.28. The Morgan fingerprint density at radius 2 is 1.78 bits per heavy atom. The van der Waals surface area contributed by atoms with Gasteiger partial charge in [-0.05, 0) is 32.3 Å². The van der Waals surface area contributed by atoms with Crippen LogP contribution in [0.25, 0.3) is 10.2 Å². The van der Waals surface area contributed by atoms with Crippen molar-refractivity contribution in [1.29, 1.82) is 0 Å². The second-order valence-corrected chi connectivity index (χ2v) is 7.73. The molecule has 3 aromatic rings. The number of carbonyl (C=O) groups excluding carboxylic acids is 1. The van der Waals surface area contributed by atoms with Crippen molar-refractivity contribution in [2.45, 2.75) is 32.6 Å². The Balaban J connectivity index is 1.68. The van der Waals surface area contributed by atoms with Gasteiger partial charge in [-0.2, -0.15) is 0 Å². The number of rotatable bonds is 5. The van der Waals surface area contributed by atoms with Gasteiger partial charge in [0.25, 0.3) is 5.91 Å². The van der Waals surface area contributed by atoms with Crippen LogP contribution in [0.5, 0.6) is 11.5 Å². The zero-order chi connectivity index (χ0) is 19.1. The first kappa shape index (κ1) is 17.7. The quantitative estimate of drug-likeness (QED) is 0.704. The minimum absolute atomic E-state index is 0.168. The standard InChI is InChI=1S/C20H21N3O3S/c1-10-16-11(2)21-18(12-5-6-12)23-20(16)27-17(10)19(24)22-13-7-14(25-3)9-15(8-13)26-4/h7-9,12H,5-6H2,1-4H3,(H,22,24). The van der Waals surface area contributed by atoms with Crippen LogP contribution in [-0.2, 0) is 0 Å². The molecule has 1 aliphatic rings. The van der Waals surface area contributed by atoms with Gasteiger partial charge in [0, 0.05) is 35.2 Å². The molecule has 0 atom stereocenters. The predicted octanol–water partition coefficient (Wildman–Crippen LogP) is 4.46. The topological polar surface area (TPSA) is 73.3 Å². The van der Waals surface area contributed by atoms with Crippen molar-refractivity contribution in [2.75, 3.05) is 19.5 Å². The van der Waals surface area contributed by atoms with Crippen LogP contribution in [-0.4, -0.2) is 30.1 Å². The van der Waals surface area contributed by atoms with Gasteiger partial charge in [0.2, 0.25) is 0 Å². The molecule has 7 heteroatoms. The molecule has 2 aromatic heterocycles.